The number of para-hydroxylation sites is 1. The van der Waals surface area contributed by atoms with Gasteiger partial charge in [0.15, 0.2) is 16.4 Å². The molecular formula is C20H19NO4S2. The molecule has 7 heteroatoms. The molecule has 140 valence electrons. The van der Waals surface area contributed by atoms with Crippen LogP contribution in [0.25, 0.3) is 0 Å². The molecule has 0 saturated heterocycles. The number of nitrogens with one attached hydrogen (secondary N) is 1. The molecule has 27 heavy (non-hydrogen) atoms. The standard InChI is InChI=1S/C20H19NO4S2/c22-19(15-25-17-10-5-2-6-11-17)21-14-18(16-8-3-1-4-9-16)27(23,24)20-12-7-13-26-20/h1-13,18H,14-15H2,(H,21,22)/t18-/m1/s1. The van der Waals surface area contributed by atoms with Crippen LogP contribution in [0.5, 0.6) is 5.75 Å². The van der Waals surface area contributed by atoms with Crippen LogP contribution in [0.1, 0.15) is 10.8 Å². The predicted octanol–water partition coefficient (Wildman–Crippen LogP) is 3.46. The third kappa shape index (κ3) is 4.96. The monoisotopic (exact) mass is 401 g/mol. The summed E-state index contributed by atoms with van der Waals surface area (Å²) in [6, 6.07) is 21.2. The zero-order chi connectivity index (χ0) is 19.1. The Balaban J connectivity index is 1.70. The van der Waals surface area contributed by atoms with Gasteiger partial charge in [-0.05, 0) is 29.1 Å². The summed E-state index contributed by atoms with van der Waals surface area (Å²) in [6.07, 6.45) is 0. The third-order valence-electron chi connectivity index (χ3n) is 3.92. The molecule has 0 aliphatic heterocycles. The van der Waals surface area contributed by atoms with E-state index in [0.29, 0.717) is 11.3 Å². The maximum atomic E-state index is 13.0. The van der Waals surface area contributed by atoms with Gasteiger partial charge in [0.25, 0.3) is 5.91 Å². The normalized spacial score (nSPS) is 12.3. The molecule has 0 saturated carbocycles. The van der Waals surface area contributed by atoms with E-state index in [1.807, 2.05) is 24.3 Å². The highest BCUT2D eigenvalue weighted by Crippen LogP contribution is 2.31. The number of amides is 1. The van der Waals surface area contributed by atoms with E-state index in [9.17, 15) is 13.2 Å². The molecular weight excluding hydrogens is 382 g/mol. The summed E-state index contributed by atoms with van der Waals surface area (Å²) in [7, 11) is -3.61. The van der Waals surface area contributed by atoms with Crippen molar-refractivity contribution in [2.75, 3.05) is 13.2 Å². The van der Waals surface area contributed by atoms with Crippen molar-refractivity contribution in [2.24, 2.45) is 0 Å². The topological polar surface area (TPSA) is 72.5 Å². The highest BCUT2D eigenvalue weighted by molar-refractivity contribution is 7.93. The van der Waals surface area contributed by atoms with Crippen molar-refractivity contribution >= 4 is 27.1 Å². The van der Waals surface area contributed by atoms with Gasteiger partial charge in [0.2, 0.25) is 0 Å². The van der Waals surface area contributed by atoms with E-state index < -0.39 is 15.1 Å². The van der Waals surface area contributed by atoms with Crippen molar-refractivity contribution in [3.05, 3.63) is 83.7 Å². The Morgan fingerprint density at radius 1 is 0.963 bits per heavy atom. The fourth-order valence-electron chi connectivity index (χ4n) is 2.56. The van der Waals surface area contributed by atoms with Crippen LogP contribution in [-0.2, 0) is 14.6 Å². The quantitative estimate of drug-likeness (QED) is 0.627. The van der Waals surface area contributed by atoms with Gasteiger partial charge in [-0.15, -0.1) is 11.3 Å². The van der Waals surface area contributed by atoms with Crippen LogP contribution in [0.4, 0.5) is 0 Å². The van der Waals surface area contributed by atoms with Gasteiger partial charge < -0.3 is 10.1 Å². The molecule has 3 aromatic rings. The van der Waals surface area contributed by atoms with Crippen LogP contribution in [0.15, 0.2) is 82.4 Å². The number of hydrogen-bond acceptors (Lipinski definition) is 5. The number of sulfone groups is 1. The number of hydrogen-bond donors (Lipinski definition) is 1. The molecule has 0 bridgehead atoms. The lowest BCUT2D eigenvalue weighted by atomic mass is 10.1. The van der Waals surface area contributed by atoms with Gasteiger partial charge in [0.1, 0.15) is 15.2 Å². The fraction of sp³-hybridized carbons (Fsp3) is 0.150. The second-order valence-corrected chi connectivity index (χ2v) is 9.09. The predicted molar refractivity (Wildman–Crippen MR) is 106 cm³/mol. The summed E-state index contributed by atoms with van der Waals surface area (Å²) in [5.74, 6) is 0.208. The molecule has 0 spiro atoms. The molecule has 3 rings (SSSR count). The lowest BCUT2D eigenvalue weighted by Crippen LogP contribution is -2.34. The van der Waals surface area contributed by atoms with Gasteiger partial charge in [-0.3, -0.25) is 4.79 Å². The Bertz CT molecular complexity index is 956. The van der Waals surface area contributed by atoms with E-state index in [1.54, 1.807) is 53.9 Å². The first-order valence-electron chi connectivity index (χ1n) is 8.34. The Labute approximate surface area is 162 Å². The van der Waals surface area contributed by atoms with Gasteiger partial charge in [0, 0.05) is 6.54 Å². The Hall–Kier alpha value is -2.64. The van der Waals surface area contributed by atoms with Crippen molar-refractivity contribution in [3.8, 4) is 5.75 Å². The zero-order valence-corrected chi connectivity index (χ0v) is 16.1. The van der Waals surface area contributed by atoms with Crippen molar-refractivity contribution < 1.29 is 17.9 Å². The van der Waals surface area contributed by atoms with E-state index >= 15 is 0 Å². The minimum absolute atomic E-state index is 0.0266. The minimum atomic E-state index is -3.61. The summed E-state index contributed by atoms with van der Waals surface area (Å²) in [6.45, 7) is -0.203. The van der Waals surface area contributed by atoms with Crippen LogP contribution in [-0.4, -0.2) is 27.5 Å². The largest absolute Gasteiger partial charge is 0.484 e. The molecule has 5 nitrogen and oxygen atoms in total. The van der Waals surface area contributed by atoms with E-state index in [1.165, 1.54) is 11.3 Å². The Kier molecular flexibility index (Phi) is 6.26. The van der Waals surface area contributed by atoms with Crippen LogP contribution < -0.4 is 10.1 Å². The molecule has 0 radical (unpaired) electrons. The summed E-state index contributed by atoms with van der Waals surface area (Å²) < 4.78 is 31.7. The average molecular weight is 402 g/mol. The minimum Gasteiger partial charge on any atom is -0.484 e. The van der Waals surface area contributed by atoms with Gasteiger partial charge in [-0.25, -0.2) is 8.42 Å². The van der Waals surface area contributed by atoms with Crippen molar-refractivity contribution in [3.63, 3.8) is 0 Å². The number of thiophene rings is 1. The van der Waals surface area contributed by atoms with E-state index in [-0.39, 0.29) is 23.3 Å². The summed E-state index contributed by atoms with van der Waals surface area (Å²) in [5.41, 5.74) is 0.634. The molecule has 1 amide bonds. The maximum Gasteiger partial charge on any atom is 0.257 e. The van der Waals surface area contributed by atoms with Crippen molar-refractivity contribution in [2.45, 2.75) is 9.46 Å². The first-order chi connectivity index (χ1) is 13.1. The van der Waals surface area contributed by atoms with Crippen molar-refractivity contribution in [1.29, 1.82) is 0 Å². The van der Waals surface area contributed by atoms with Gasteiger partial charge in [-0.2, -0.15) is 0 Å². The van der Waals surface area contributed by atoms with Crippen LogP contribution in [0.3, 0.4) is 0 Å². The fourth-order valence-corrected chi connectivity index (χ4v) is 5.43. The maximum absolute atomic E-state index is 13.0. The summed E-state index contributed by atoms with van der Waals surface area (Å²) in [4.78, 5) is 12.1. The van der Waals surface area contributed by atoms with Crippen molar-refractivity contribution in [1.82, 2.24) is 5.32 Å². The number of carbonyl (C=O) groups excluding carboxylic acids is 1. The molecule has 2 aromatic carbocycles. The zero-order valence-electron chi connectivity index (χ0n) is 14.4. The number of ether oxygens (including phenoxy) is 1. The molecule has 0 fully saturated rings. The average Bonchev–Trinajstić information content (AvgIpc) is 3.24. The lowest BCUT2D eigenvalue weighted by Gasteiger charge is -2.18. The SMILES string of the molecule is O=C(COc1ccccc1)NC[C@H](c1ccccc1)S(=O)(=O)c1cccs1. The number of rotatable bonds is 8. The highest BCUT2D eigenvalue weighted by Gasteiger charge is 2.30. The van der Waals surface area contributed by atoms with E-state index in [0.717, 1.165) is 0 Å². The van der Waals surface area contributed by atoms with E-state index in [2.05, 4.69) is 5.32 Å². The van der Waals surface area contributed by atoms with Gasteiger partial charge >= 0.3 is 0 Å². The highest BCUT2D eigenvalue weighted by atomic mass is 32.2. The first kappa shape index (κ1) is 19.1. The number of benzene rings is 2. The van der Waals surface area contributed by atoms with Crippen LogP contribution in [0.2, 0.25) is 0 Å². The molecule has 0 aliphatic carbocycles. The summed E-state index contributed by atoms with van der Waals surface area (Å²) in [5, 5.41) is 3.54. The third-order valence-corrected chi connectivity index (χ3v) is 7.45. The second kappa shape index (κ2) is 8.83. The molecule has 1 heterocycles. The first-order valence-corrected chi connectivity index (χ1v) is 10.8. The lowest BCUT2D eigenvalue weighted by molar-refractivity contribution is -0.123. The van der Waals surface area contributed by atoms with Gasteiger partial charge in [0.05, 0.1) is 0 Å². The second-order valence-electron chi connectivity index (χ2n) is 5.78. The molecule has 1 N–H and O–H groups in total. The summed E-state index contributed by atoms with van der Waals surface area (Å²) >= 11 is 1.17. The van der Waals surface area contributed by atoms with E-state index in [4.69, 9.17) is 4.74 Å². The number of carbonyl (C=O) groups is 1. The van der Waals surface area contributed by atoms with Crippen LogP contribution in [0, 0.1) is 0 Å². The molecule has 1 atom stereocenters. The Morgan fingerprint density at radius 2 is 1.63 bits per heavy atom. The molecule has 1 aromatic heterocycles. The van der Waals surface area contributed by atoms with Gasteiger partial charge in [-0.1, -0.05) is 54.6 Å². The Morgan fingerprint density at radius 3 is 2.26 bits per heavy atom. The molecule has 0 unspecified atom stereocenters. The molecule has 0 aliphatic rings. The van der Waals surface area contributed by atoms with Crippen LogP contribution >= 0.6 is 11.3 Å². The smallest absolute Gasteiger partial charge is 0.257 e.